The van der Waals surface area contributed by atoms with Crippen molar-refractivity contribution in [3.8, 4) is 11.3 Å². The van der Waals surface area contributed by atoms with Crippen molar-refractivity contribution in [2.24, 2.45) is 0 Å². The summed E-state index contributed by atoms with van der Waals surface area (Å²) in [6.45, 7) is 6.39. The summed E-state index contributed by atoms with van der Waals surface area (Å²) in [5, 5.41) is 4.29. The molecule has 1 aliphatic rings. The summed E-state index contributed by atoms with van der Waals surface area (Å²) in [5.41, 5.74) is 6.03. The Balaban J connectivity index is 2.15. The van der Waals surface area contributed by atoms with Crippen molar-refractivity contribution in [3.63, 3.8) is 0 Å². The minimum Gasteiger partial charge on any atom is -0.360 e. The Hall–Kier alpha value is -1.57. The van der Waals surface area contributed by atoms with Gasteiger partial charge >= 0.3 is 0 Å². The lowest BCUT2D eigenvalue weighted by Crippen LogP contribution is -1.90. The second kappa shape index (κ2) is 3.73. The second-order valence-electron chi connectivity index (χ2n) is 5.06. The molecule has 1 aliphatic carbocycles. The number of aromatic nitrogens is 1. The molecule has 1 fully saturated rings. The van der Waals surface area contributed by atoms with Crippen LogP contribution >= 0.6 is 0 Å². The van der Waals surface area contributed by atoms with E-state index in [9.17, 15) is 0 Å². The van der Waals surface area contributed by atoms with Crippen molar-refractivity contribution in [1.82, 2.24) is 5.16 Å². The van der Waals surface area contributed by atoms with E-state index in [1.54, 1.807) is 0 Å². The zero-order valence-corrected chi connectivity index (χ0v) is 10.6. The third kappa shape index (κ3) is 1.68. The summed E-state index contributed by atoms with van der Waals surface area (Å²) in [5.74, 6) is 1.73. The first-order valence-corrected chi connectivity index (χ1v) is 6.21. The van der Waals surface area contributed by atoms with Crippen LogP contribution in [0.1, 0.15) is 41.2 Å². The average Bonchev–Trinajstić information content (AvgIpc) is 3.05. The van der Waals surface area contributed by atoms with Gasteiger partial charge in [-0.25, -0.2) is 0 Å². The van der Waals surface area contributed by atoms with Gasteiger partial charge in [-0.1, -0.05) is 23.4 Å². The molecule has 17 heavy (non-hydrogen) atoms. The summed E-state index contributed by atoms with van der Waals surface area (Å²) in [6.07, 6.45) is 2.50. The van der Waals surface area contributed by atoms with Crippen molar-refractivity contribution in [3.05, 3.63) is 40.6 Å². The lowest BCUT2D eigenvalue weighted by Gasteiger charge is -2.06. The van der Waals surface area contributed by atoms with Crippen molar-refractivity contribution < 1.29 is 4.52 Å². The molecule has 3 rings (SSSR count). The van der Waals surface area contributed by atoms with E-state index in [-0.39, 0.29) is 0 Å². The Morgan fingerprint density at radius 1 is 1.12 bits per heavy atom. The van der Waals surface area contributed by atoms with Crippen LogP contribution in [-0.2, 0) is 0 Å². The normalized spacial score (nSPS) is 15.2. The number of aryl methyl sites for hydroxylation is 2. The summed E-state index contributed by atoms with van der Waals surface area (Å²) in [4.78, 5) is 0. The molecular formula is C15H17NO. The van der Waals surface area contributed by atoms with Crippen LogP contribution < -0.4 is 0 Å². The van der Waals surface area contributed by atoms with E-state index in [1.807, 2.05) is 0 Å². The Bertz CT molecular complexity index is 544. The summed E-state index contributed by atoms with van der Waals surface area (Å²) >= 11 is 0. The summed E-state index contributed by atoms with van der Waals surface area (Å²) in [6, 6.07) is 6.35. The summed E-state index contributed by atoms with van der Waals surface area (Å²) < 4.78 is 5.53. The molecule has 0 unspecified atom stereocenters. The van der Waals surface area contributed by atoms with E-state index in [0.29, 0.717) is 5.92 Å². The lowest BCUT2D eigenvalue weighted by molar-refractivity contribution is 0.385. The van der Waals surface area contributed by atoms with Crippen LogP contribution in [0.3, 0.4) is 0 Å². The molecule has 1 saturated carbocycles. The molecule has 0 N–H and O–H groups in total. The topological polar surface area (TPSA) is 26.0 Å². The van der Waals surface area contributed by atoms with Gasteiger partial charge in [-0.2, -0.15) is 0 Å². The van der Waals surface area contributed by atoms with Crippen molar-refractivity contribution >= 4 is 0 Å². The average molecular weight is 227 g/mol. The van der Waals surface area contributed by atoms with Crippen molar-refractivity contribution in [2.45, 2.75) is 39.5 Å². The fraction of sp³-hybridized carbons (Fsp3) is 0.400. The van der Waals surface area contributed by atoms with Gasteiger partial charge in [0.05, 0.1) is 0 Å². The standard InChI is InChI=1S/C15H17NO/c1-9-5-4-6-10(2)13(9)14-11(3)15(17-16-14)12-7-8-12/h4-6,12H,7-8H2,1-3H3. The Labute approximate surface area is 102 Å². The van der Waals surface area contributed by atoms with Gasteiger partial charge in [0.25, 0.3) is 0 Å². The molecule has 88 valence electrons. The Kier molecular flexibility index (Phi) is 2.32. The Morgan fingerprint density at radius 2 is 1.76 bits per heavy atom. The van der Waals surface area contributed by atoms with Crippen LogP contribution in [0.15, 0.2) is 22.7 Å². The molecule has 0 bridgehead atoms. The molecule has 0 saturated heterocycles. The minimum atomic E-state index is 0.626. The molecular weight excluding hydrogens is 210 g/mol. The van der Waals surface area contributed by atoms with Crippen molar-refractivity contribution in [1.29, 1.82) is 0 Å². The molecule has 2 nitrogen and oxygen atoms in total. The van der Waals surface area contributed by atoms with Gasteiger partial charge in [-0.3, -0.25) is 0 Å². The SMILES string of the molecule is Cc1cccc(C)c1-c1noc(C2CC2)c1C. The molecule has 2 aromatic rings. The molecule has 0 atom stereocenters. The van der Waals surface area contributed by atoms with E-state index >= 15 is 0 Å². The third-order valence-corrected chi connectivity index (χ3v) is 3.63. The number of hydrogen-bond acceptors (Lipinski definition) is 2. The third-order valence-electron chi connectivity index (χ3n) is 3.63. The molecule has 0 spiro atoms. The molecule has 2 heteroatoms. The largest absolute Gasteiger partial charge is 0.360 e. The highest BCUT2D eigenvalue weighted by molar-refractivity contribution is 5.70. The smallest absolute Gasteiger partial charge is 0.143 e. The molecule has 1 heterocycles. The first-order chi connectivity index (χ1) is 8.18. The van der Waals surface area contributed by atoms with E-state index in [0.717, 1.165) is 11.5 Å². The molecule has 1 aromatic heterocycles. The maximum Gasteiger partial charge on any atom is 0.143 e. The Morgan fingerprint density at radius 3 is 2.35 bits per heavy atom. The van der Waals surface area contributed by atoms with Crippen LogP contribution in [0.4, 0.5) is 0 Å². The van der Waals surface area contributed by atoms with E-state index < -0.39 is 0 Å². The minimum absolute atomic E-state index is 0.626. The van der Waals surface area contributed by atoms with Gasteiger partial charge < -0.3 is 4.52 Å². The number of hydrogen-bond donors (Lipinski definition) is 0. The monoisotopic (exact) mass is 227 g/mol. The van der Waals surface area contributed by atoms with E-state index in [2.05, 4.69) is 44.1 Å². The first-order valence-electron chi connectivity index (χ1n) is 6.21. The van der Waals surface area contributed by atoms with E-state index in [4.69, 9.17) is 4.52 Å². The molecule has 1 aromatic carbocycles. The highest BCUT2D eigenvalue weighted by Gasteiger charge is 2.31. The van der Waals surface area contributed by atoms with Gasteiger partial charge in [0, 0.05) is 17.0 Å². The molecule has 0 aliphatic heterocycles. The lowest BCUT2D eigenvalue weighted by atomic mass is 9.97. The highest BCUT2D eigenvalue weighted by Crippen LogP contribution is 2.44. The van der Waals surface area contributed by atoms with Gasteiger partial charge in [0.1, 0.15) is 11.5 Å². The van der Waals surface area contributed by atoms with Crippen molar-refractivity contribution in [2.75, 3.05) is 0 Å². The highest BCUT2D eigenvalue weighted by atomic mass is 16.5. The number of rotatable bonds is 2. The van der Waals surface area contributed by atoms with Crippen LogP contribution in [0.25, 0.3) is 11.3 Å². The van der Waals surface area contributed by atoms with Crippen LogP contribution in [0.2, 0.25) is 0 Å². The maximum absolute atomic E-state index is 5.53. The number of nitrogens with zero attached hydrogens (tertiary/aromatic N) is 1. The predicted octanol–water partition coefficient (Wildman–Crippen LogP) is 4.14. The zero-order valence-electron chi connectivity index (χ0n) is 10.6. The van der Waals surface area contributed by atoms with Gasteiger partial charge in [0.2, 0.25) is 0 Å². The van der Waals surface area contributed by atoms with Crippen LogP contribution in [0.5, 0.6) is 0 Å². The first kappa shape index (κ1) is 10.6. The molecule has 0 amide bonds. The quantitative estimate of drug-likeness (QED) is 0.770. The number of benzene rings is 1. The fourth-order valence-electron chi connectivity index (χ4n) is 2.50. The van der Waals surface area contributed by atoms with Crippen LogP contribution in [0, 0.1) is 20.8 Å². The molecule has 0 radical (unpaired) electrons. The second-order valence-corrected chi connectivity index (χ2v) is 5.06. The maximum atomic E-state index is 5.53. The van der Waals surface area contributed by atoms with E-state index in [1.165, 1.54) is 35.1 Å². The predicted molar refractivity (Wildman–Crippen MR) is 68.1 cm³/mol. The summed E-state index contributed by atoms with van der Waals surface area (Å²) in [7, 11) is 0. The van der Waals surface area contributed by atoms with Crippen LogP contribution in [-0.4, -0.2) is 5.16 Å². The van der Waals surface area contributed by atoms with Gasteiger partial charge in [0.15, 0.2) is 0 Å². The fourth-order valence-corrected chi connectivity index (χ4v) is 2.50. The zero-order chi connectivity index (χ0) is 12.0. The van der Waals surface area contributed by atoms with Gasteiger partial charge in [-0.05, 0) is 44.7 Å². The van der Waals surface area contributed by atoms with Gasteiger partial charge in [-0.15, -0.1) is 0 Å².